The SMILES string of the molecule is Cc1ccc(NC(=O)Nc2ccc(CN3C(C)(C)C(=O)NS3(=O)=O)cc2)cc1Nc1ncccn1.Cc1ccc(NC(=O)c2ccc(CN3C(C)(C)C(=O)NS3(=O)=O)cc2)cc1Nc1ncccn1.Cc1ccc(NC(=O)c2ccc(CN3C(C)(C)C(=O)NS3(=O)=O)cc2)cc1Nc1ncccn1.Cc1ccc(NC(=O)c2ccc(CN3C(C)(C)C(=O)NS3(=O)=O)cc2)cc1Nc1ncccn1. The quantitative estimate of drug-likeness (QED) is 0.0267. The Morgan fingerprint density at radius 3 is 0.672 bits per heavy atom. The van der Waals surface area contributed by atoms with Crippen LogP contribution in [0.5, 0.6) is 0 Å². The Balaban J connectivity index is 0.000000154. The molecule has 0 atom stereocenters. The fraction of sp³-hybridized carbons (Fsp3) is 0.217. The Morgan fingerprint density at radius 2 is 0.467 bits per heavy atom. The van der Waals surface area contributed by atoms with Gasteiger partial charge >= 0.3 is 46.9 Å². The van der Waals surface area contributed by atoms with Gasteiger partial charge in [-0.25, -0.2) is 63.6 Å². The standard InChI is InChI=1S/C23H25N7O4S.3C23H24N6O4S/c1-15-5-8-18(13-19(15)28-21-24-11-4-12-25-21)27-22(32)26-17-9-6-16(7-10-17)14-30-23(2,3)20(31)29-35(30,33)34;3*1-15-5-10-18(13-19(15)27-22-24-11-4-12-25-22)26-20(30)17-8-6-16(7-9-17)14-29-23(2,3)21(31)28-34(29,32)33/h4-13H,14H2,1-3H3,(H,29,31)(H,24,25,28)(H2,26,27,32);3*4-13H,14H2,1-3H3,(H,26,30)(H,28,31)(H,24,25,27). The summed E-state index contributed by atoms with van der Waals surface area (Å²) in [4.78, 5) is 132. The Kier molecular flexibility index (Phi) is 29.4. The molecule has 4 aromatic heterocycles. The molecule has 4 saturated heterocycles. The molecule has 0 unspecified atom stereocenters. The summed E-state index contributed by atoms with van der Waals surface area (Å²) in [7, 11) is -15.6. The molecule has 9 amide bonds. The average Bonchev–Trinajstić information content (AvgIpc) is 1.62. The number of aryl methyl sites for hydroxylation is 4. The van der Waals surface area contributed by atoms with Gasteiger partial charge in [0.25, 0.3) is 41.4 Å². The van der Waals surface area contributed by atoms with E-state index in [0.717, 1.165) is 62.2 Å². The van der Waals surface area contributed by atoms with Crippen molar-refractivity contribution in [2.24, 2.45) is 0 Å². The monoisotopic (exact) mass is 1940 g/mol. The molecule has 0 radical (unpaired) electrons. The Labute approximate surface area is 790 Å². The molecule has 45 heteroatoms. The lowest BCUT2D eigenvalue weighted by Crippen LogP contribution is -2.43. The van der Waals surface area contributed by atoms with Gasteiger partial charge in [-0.3, -0.25) is 33.6 Å². The van der Waals surface area contributed by atoms with Gasteiger partial charge in [0.05, 0.1) is 0 Å². The number of anilines is 13. The highest BCUT2D eigenvalue weighted by atomic mass is 32.2. The Morgan fingerprint density at radius 1 is 0.277 bits per heavy atom. The predicted octanol–water partition coefficient (Wildman–Crippen LogP) is 11.3. The molecule has 4 aliphatic rings. The van der Waals surface area contributed by atoms with Crippen LogP contribution >= 0.6 is 0 Å². The van der Waals surface area contributed by atoms with E-state index in [0.29, 0.717) is 91.2 Å². The van der Waals surface area contributed by atoms with E-state index in [9.17, 15) is 72.0 Å². The maximum Gasteiger partial charge on any atom is 0.323 e. The van der Waals surface area contributed by atoms with Gasteiger partial charge in [0.1, 0.15) is 22.2 Å². The molecule has 710 valence electrons. The van der Waals surface area contributed by atoms with E-state index in [1.807, 2.05) is 70.8 Å². The van der Waals surface area contributed by atoms with Gasteiger partial charge in [-0.05, 0) is 249 Å². The van der Waals surface area contributed by atoms with Crippen LogP contribution in [0.3, 0.4) is 0 Å². The topological polar surface area (TPSA) is 546 Å². The van der Waals surface area contributed by atoms with Crippen molar-refractivity contribution < 1.29 is 72.0 Å². The summed E-state index contributed by atoms with van der Waals surface area (Å²) in [5, 5.41) is 26.6. The minimum atomic E-state index is -3.90. The maximum atomic E-state index is 12.8. The first kappa shape index (κ1) is 99.0. The number of carbonyl (C=O) groups is 8. The fourth-order valence-corrected chi connectivity index (χ4v) is 20.2. The molecule has 12 aromatic rings. The number of aromatic nitrogens is 8. The van der Waals surface area contributed by atoms with Crippen molar-refractivity contribution in [3.05, 3.63) is 305 Å². The maximum absolute atomic E-state index is 12.8. The molecule has 16 rings (SSSR count). The lowest BCUT2D eigenvalue weighted by atomic mass is 10.0. The van der Waals surface area contributed by atoms with E-state index in [-0.39, 0.29) is 43.9 Å². The third-order valence-corrected chi connectivity index (χ3v) is 28.6. The van der Waals surface area contributed by atoms with Crippen molar-refractivity contribution in [3.63, 3.8) is 0 Å². The number of carbonyl (C=O) groups excluding carboxylic acids is 8. The van der Waals surface area contributed by atoms with Gasteiger partial charge in [0.15, 0.2) is 0 Å². The van der Waals surface area contributed by atoms with Crippen LogP contribution in [0, 0.1) is 27.7 Å². The number of urea groups is 1. The van der Waals surface area contributed by atoms with Gasteiger partial charge in [-0.15, -0.1) is 0 Å². The van der Waals surface area contributed by atoms with Crippen molar-refractivity contribution in [1.29, 1.82) is 0 Å². The summed E-state index contributed by atoms with van der Waals surface area (Å²) in [5.41, 5.74) is 8.79. The van der Waals surface area contributed by atoms with Crippen LogP contribution in [-0.4, -0.2) is 160 Å². The van der Waals surface area contributed by atoms with Gasteiger partial charge in [-0.2, -0.15) is 50.9 Å². The number of hydrogen-bond acceptors (Lipinski definition) is 28. The molecule has 4 fully saturated rings. The number of nitrogens with zero attached hydrogens (tertiary/aromatic N) is 12. The molecule has 137 heavy (non-hydrogen) atoms. The molecule has 4 aliphatic heterocycles. The van der Waals surface area contributed by atoms with Crippen molar-refractivity contribution in [2.45, 2.75) is 131 Å². The van der Waals surface area contributed by atoms with Crippen LogP contribution < -0.4 is 66.7 Å². The first-order valence-electron chi connectivity index (χ1n) is 42.1. The predicted molar refractivity (Wildman–Crippen MR) is 515 cm³/mol. The summed E-state index contributed by atoms with van der Waals surface area (Å²) < 4.78 is 111. The molecule has 8 heterocycles. The number of benzene rings is 8. The minimum Gasteiger partial charge on any atom is -0.324 e. The highest BCUT2D eigenvalue weighted by molar-refractivity contribution is 7.89. The van der Waals surface area contributed by atoms with E-state index >= 15 is 0 Å². The molecule has 0 spiro atoms. The van der Waals surface area contributed by atoms with E-state index in [2.05, 4.69) is 87.7 Å². The summed E-state index contributed by atoms with van der Waals surface area (Å²) in [6.07, 6.45) is 13.1. The minimum absolute atomic E-state index is 0.00449. The van der Waals surface area contributed by atoms with Crippen molar-refractivity contribution in [1.82, 2.24) is 76.0 Å². The zero-order chi connectivity index (χ0) is 98.7. The Bertz CT molecular complexity index is 6570. The zero-order valence-electron chi connectivity index (χ0n) is 76.0. The van der Waals surface area contributed by atoms with Crippen molar-refractivity contribution in [2.75, 3.05) is 47.9 Å². The van der Waals surface area contributed by atoms with Gasteiger partial charge in [0.2, 0.25) is 23.8 Å². The number of rotatable bonds is 24. The van der Waals surface area contributed by atoms with Crippen molar-refractivity contribution >= 4 is 163 Å². The van der Waals surface area contributed by atoms with Crippen LogP contribution in [0.1, 0.15) is 131 Å². The van der Waals surface area contributed by atoms with E-state index in [1.165, 1.54) is 0 Å². The van der Waals surface area contributed by atoms with Gasteiger partial charge in [0, 0.05) is 144 Å². The van der Waals surface area contributed by atoms with Crippen molar-refractivity contribution in [3.8, 4) is 0 Å². The molecule has 13 N–H and O–H groups in total. The number of amides is 9. The van der Waals surface area contributed by atoms with Crippen LogP contribution in [-0.2, 0) is 86.2 Å². The summed E-state index contributed by atoms with van der Waals surface area (Å²) in [5.74, 6) is -1.45. The second-order valence-electron chi connectivity index (χ2n) is 33.6. The molecule has 41 nitrogen and oxygen atoms in total. The van der Waals surface area contributed by atoms with E-state index < -0.39 is 92.7 Å². The molecule has 0 aliphatic carbocycles. The van der Waals surface area contributed by atoms with Crippen LogP contribution in [0.2, 0.25) is 0 Å². The molecule has 0 bridgehead atoms. The van der Waals surface area contributed by atoms with Gasteiger partial charge < -0.3 is 47.9 Å². The lowest BCUT2D eigenvalue weighted by Gasteiger charge is -2.25. The number of nitrogens with one attached hydrogen (secondary N) is 13. The zero-order valence-corrected chi connectivity index (χ0v) is 79.2. The summed E-state index contributed by atoms with van der Waals surface area (Å²) >= 11 is 0. The number of hydrogen-bond donors (Lipinski definition) is 13. The normalized spacial score (nSPS) is 16.6. The average molecular weight is 1940 g/mol. The molecular weight excluding hydrogens is 1840 g/mol. The van der Waals surface area contributed by atoms with E-state index in [1.54, 1.807) is 275 Å². The molecule has 0 saturated carbocycles. The smallest absolute Gasteiger partial charge is 0.323 e. The van der Waals surface area contributed by atoms with E-state index in [4.69, 9.17) is 0 Å². The second-order valence-corrected chi connectivity index (χ2v) is 40.0. The molecule has 8 aromatic carbocycles. The third-order valence-electron chi connectivity index (χ3n) is 22.2. The van der Waals surface area contributed by atoms with Crippen LogP contribution in [0.15, 0.2) is 244 Å². The second kappa shape index (κ2) is 40.7. The largest absolute Gasteiger partial charge is 0.324 e. The summed E-state index contributed by atoms with van der Waals surface area (Å²) in [6, 6.07) is 54.6. The first-order chi connectivity index (χ1) is 64.7. The summed E-state index contributed by atoms with van der Waals surface area (Å²) in [6.45, 7) is 20.1. The fourth-order valence-electron chi connectivity index (χ4n) is 13.8. The highest BCUT2D eigenvalue weighted by Gasteiger charge is 2.53. The Hall–Kier alpha value is -15.5. The van der Waals surface area contributed by atoms with Crippen LogP contribution in [0.25, 0.3) is 0 Å². The highest BCUT2D eigenvalue weighted by Crippen LogP contribution is 2.35. The first-order valence-corrected chi connectivity index (χ1v) is 47.9. The lowest BCUT2D eigenvalue weighted by molar-refractivity contribution is -0.125. The third kappa shape index (κ3) is 24.2. The van der Waals surface area contributed by atoms with Gasteiger partial charge in [-0.1, -0.05) is 72.8 Å². The molecular formula is C92H97N25O16S4. The van der Waals surface area contributed by atoms with Crippen LogP contribution in [0.4, 0.5) is 79.8 Å².